The highest BCUT2D eigenvalue weighted by Crippen LogP contribution is 2.33. The van der Waals surface area contributed by atoms with Crippen molar-refractivity contribution in [3.63, 3.8) is 0 Å². The van der Waals surface area contributed by atoms with Crippen LogP contribution in [0.4, 0.5) is 0 Å². The quantitative estimate of drug-likeness (QED) is 0.691. The van der Waals surface area contributed by atoms with Gasteiger partial charge in [0.15, 0.2) is 5.65 Å². The highest BCUT2D eigenvalue weighted by Gasteiger charge is 2.33. The molecular formula is C17H19N5O2. The van der Waals surface area contributed by atoms with E-state index in [0.717, 1.165) is 30.3 Å². The molecule has 2 atom stereocenters. The van der Waals surface area contributed by atoms with Crippen LogP contribution in [0.5, 0.6) is 0 Å². The number of rotatable bonds is 3. The van der Waals surface area contributed by atoms with Crippen molar-refractivity contribution >= 4 is 17.0 Å². The lowest BCUT2D eigenvalue weighted by atomic mass is 10.1. The molecule has 3 aromatic heterocycles. The van der Waals surface area contributed by atoms with E-state index in [1.54, 1.807) is 23.1 Å². The maximum absolute atomic E-state index is 12.8. The van der Waals surface area contributed by atoms with Crippen LogP contribution in [0.15, 0.2) is 30.7 Å². The van der Waals surface area contributed by atoms with Crippen LogP contribution < -0.4 is 0 Å². The van der Waals surface area contributed by atoms with Crippen molar-refractivity contribution in [1.29, 1.82) is 0 Å². The van der Waals surface area contributed by atoms with Crippen molar-refractivity contribution in [1.82, 2.24) is 24.5 Å². The molecule has 0 N–H and O–H groups in total. The summed E-state index contributed by atoms with van der Waals surface area (Å²) >= 11 is 0. The fourth-order valence-electron chi connectivity index (χ4n) is 3.43. The summed E-state index contributed by atoms with van der Waals surface area (Å²) in [5.74, 6) is -0.317. The van der Waals surface area contributed by atoms with E-state index in [9.17, 15) is 4.79 Å². The molecule has 7 nitrogen and oxygen atoms in total. The van der Waals surface area contributed by atoms with Crippen molar-refractivity contribution in [3.8, 4) is 0 Å². The van der Waals surface area contributed by atoms with Gasteiger partial charge in [0.25, 0.3) is 0 Å². The third-order valence-corrected chi connectivity index (χ3v) is 4.59. The number of fused-ring (bicyclic) bond motifs is 1. The minimum Gasteiger partial charge on any atom is -0.456 e. The zero-order valence-corrected chi connectivity index (χ0v) is 13.7. The zero-order valence-electron chi connectivity index (χ0n) is 13.7. The molecule has 24 heavy (non-hydrogen) atoms. The number of hydrogen-bond acceptors (Lipinski definition) is 5. The lowest BCUT2D eigenvalue weighted by Crippen LogP contribution is -2.25. The lowest BCUT2D eigenvalue weighted by molar-refractivity contribution is 0.0212. The Balaban J connectivity index is 1.63. The molecule has 1 aliphatic rings. The Labute approximate surface area is 139 Å². The van der Waals surface area contributed by atoms with E-state index in [1.165, 1.54) is 0 Å². The third kappa shape index (κ3) is 2.46. The van der Waals surface area contributed by atoms with Crippen LogP contribution in [0.2, 0.25) is 0 Å². The summed E-state index contributed by atoms with van der Waals surface area (Å²) in [6, 6.07) is 3.77. The molecule has 4 rings (SSSR count). The number of aryl methyl sites for hydroxylation is 2. The van der Waals surface area contributed by atoms with E-state index in [1.807, 2.05) is 30.9 Å². The second-order valence-electron chi connectivity index (χ2n) is 6.24. The molecule has 0 saturated heterocycles. The number of carbonyl (C=O) groups is 1. The number of hydrogen-bond donors (Lipinski definition) is 0. The molecule has 0 radical (unpaired) electrons. The molecular weight excluding hydrogens is 306 g/mol. The van der Waals surface area contributed by atoms with Crippen LogP contribution >= 0.6 is 0 Å². The summed E-state index contributed by atoms with van der Waals surface area (Å²) in [7, 11) is 1.81. The SMILES string of the molecule is Cc1cc(C(=O)O[C@@H]2CCC[C@H]2n2cccn2)c2cnn(C)c2n1. The van der Waals surface area contributed by atoms with Crippen LogP contribution in [0, 0.1) is 6.92 Å². The van der Waals surface area contributed by atoms with Crippen LogP contribution in [-0.4, -0.2) is 36.6 Å². The van der Waals surface area contributed by atoms with E-state index < -0.39 is 0 Å². The van der Waals surface area contributed by atoms with E-state index in [4.69, 9.17) is 4.74 Å². The standard InChI is InChI=1S/C17H19N5O2/c1-11-9-12(13-10-19-21(2)16(13)20-11)17(23)24-15-6-3-5-14(15)22-8-4-7-18-22/h4,7-10,14-15H,3,5-6H2,1-2H3/t14-,15-/m1/s1. The van der Waals surface area contributed by atoms with Gasteiger partial charge in [-0.25, -0.2) is 9.78 Å². The normalized spacial score (nSPS) is 20.6. The maximum atomic E-state index is 12.8. The Kier molecular flexibility index (Phi) is 3.55. The number of pyridine rings is 1. The smallest absolute Gasteiger partial charge is 0.339 e. The van der Waals surface area contributed by atoms with Gasteiger partial charge >= 0.3 is 5.97 Å². The Morgan fingerprint density at radius 2 is 2.21 bits per heavy atom. The molecule has 0 aromatic carbocycles. The van der Waals surface area contributed by atoms with Gasteiger partial charge in [0.05, 0.1) is 23.2 Å². The van der Waals surface area contributed by atoms with E-state index in [0.29, 0.717) is 11.2 Å². The zero-order chi connectivity index (χ0) is 16.7. The second-order valence-corrected chi connectivity index (χ2v) is 6.24. The molecule has 0 amide bonds. The summed E-state index contributed by atoms with van der Waals surface area (Å²) in [6.45, 7) is 1.87. The first-order valence-electron chi connectivity index (χ1n) is 8.13. The summed E-state index contributed by atoms with van der Waals surface area (Å²) in [5, 5.41) is 9.22. The van der Waals surface area contributed by atoms with Crippen molar-refractivity contribution in [3.05, 3.63) is 42.0 Å². The van der Waals surface area contributed by atoms with Crippen molar-refractivity contribution < 1.29 is 9.53 Å². The largest absolute Gasteiger partial charge is 0.456 e. The molecule has 0 aliphatic heterocycles. The van der Waals surface area contributed by atoms with Crippen LogP contribution in [-0.2, 0) is 11.8 Å². The van der Waals surface area contributed by atoms with Gasteiger partial charge in [-0.15, -0.1) is 0 Å². The Bertz CT molecular complexity index is 884. The molecule has 0 unspecified atom stereocenters. The van der Waals surface area contributed by atoms with E-state index in [2.05, 4.69) is 15.2 Å². The first kappa shape index (κ1) is 14.9. The number of esters is 1. The number of nitrogens with zero attached hydrogens (tertiary/aromatic N) is 5. The van der Waals surface area contributed by atoms with Crippen LogP contribution in [0.1, 0.15) is 41.4 Å². The van der Waals surface area contributed by atoms with Gasteiger partial charge in [0, 0.05) is 25.1 Å². The predicted molar refractivity (Wildman–Crippen MR) is 87.6 cm³/mol. The fraction of sp³-hybridized carbons (Fsp3) is 0.412. The van der Waals surface area contributed by atoms with Gasteiger partial charge in [-0.05, 0) is 38.3 Å². The van der Waals surface area contributed by atoms with Gasteiger partial charge in [-0.1, -0.05) is 0 Å². The minimum absolute atomic E-state index is 0.108. The number of carbonyl (C=O) groups excluding carboxylic acids is 1. The fourth-order valence-corrected chi connectivity index (χ4v) is 3.43. The molecule has 0 spiro atoms. The highest BCUT2D eigenvalue weighted by atomic mass is 16.5. The summed E-state index contributed by atoms with van der Waals surface area (Å²) in [5.41, 5.74) is 1.99. The summed E-state index contributed by atoms with van der Waals surface area (Å²) < 4.78 is 9.40. The Morgan fingerprint density at radius 1 is 1.33 bits per heavy atom. The van der Waals surface area contributed by atoms with Crippen molar-refractivity contribution in [2.75, 3.05) is 0 Å². The van der Waals surface area contributed by atoms with Gasteiger partial charge in [-0.2, -0.15) is 10.2 Å². The second kappa shape index (κ2) is 5.74. The highest BCUT2D eigenvalue weighted by molar-refractivity contribution is 6.02. The molecule has 0 bridgehead atoms. The average molecular weight is 325 g/mol. The molecule has 124 valence electrons. The first-order valence-corrected chi connectivity index (χ1v) is 8.13. The molecule has 1 fully saturated rings. The molecule has 1 saturated carbocycles. The van der Waals surface area contributed by atoms with Gasteiger partial charge in [-0.3, -0.25) is 9.36 Å². The van der Waals surface area contributed by atoms with E-state index >= 15 is 0 Å². The van der Waals surface area contributed by atoms with Crippen molar-refractivity contribution in [2.45, 2.75) is 38.3 Å². The molecule has 7 heteroatoms. The van der Waals surface area contributed by atoms with Crippen LogP contribution in [0.25, 0.3) is 11.0 Å². The monoisotopic (exact) mass is 325 g/mol. The predicted octanol–water partition coefficient (Wildman–Crippen LogP) is 2.42. The topological polar surface area (TPSA) is 74.8 Å². The molecule has 3 heterocycles. The number of aromatic nitrogens is 5. The first-order chi connectivity index (χ1) is 11.6. The molecule has 1 aliphatic carbocycles. The summed E-state index contributed by atoms with van der Waals surface area (Å²) in [4.78, 5) is 17.2. The van der Waals surface area contributed by atoms with Crippen molar-refractivity contribution in [2.24, 2.45) is 7.05 Å². The average Bonchev–Trinajstić information content (AvgIpc) is 3.28. The van der Waals surface area contributed by atoms with Gasteiger partial charge < -0.3 is 4.74 Å². The third-order valence-electron chi connectivity index (χ3n) is 4.59. The van der Waals surface area contributed by atoms with Crippen LogP contribution in [0.3, 0.4) is 0 Å². The molecule has 3 aromatic rings. The lowest BCUT2D eigenvalue weighted by Gasteiger charge is -2.20. The maximum Gasteiger partial charge on any atom is 0.339 e. The minimum atomic E-state index is -0.317. The number of ether oxygens (including phenoxy) is 1. The van der Waals surface area contributed by atoms with Gasteiger partial charge in [0.2, 0.25) is 0 Å². The Morgan fingerprint density at radius 3 is 3.00 bits per heavy atom. The summed E-state index contributed by atoms with van der Waals surface area (Å²) in [6.07, 6.45) is 8.04. The van der Waals surface area contributed by atoms with Gasteiger partial charge in [0.1, 0.15) is 6.10 Å². The van der Waals surface area contributed by atoms with E-state index in [-0.39, 0.29) is 18.1 Å². The Hall–Kier alpha value is -2.70.